The van der Waals surface area contributed by atoms with Gasteiger partial charge in [-0.2, -0.15) is 0 Å². The molecule has 1 aliphatic rings. The molecular weight excluding hydrogens is 425 g/mol. The number of pyridine rings is 1. The van der Waals surface area contributed by atoms with Crippen LogP contribution in [-0.4, -0.2) is 35.6 Å². The highest BCUT2D eigenvalue weighted by Gasteiger charge is 2.21. The summed E-state index contributed by atoms with van der Waals surface area (Å²) in [5.74, 6) is -0.181. The summed E-state index contributed by atoms with van der Waals surface area (Å²) in [6.07, 6.45) is 0. The average Bonchev–Trinajstić information content (AvgIpc) is 2.83. The zero-order valence-electron chi connectivity index (χ0n) is 19.8. The smallest absolute Gasteiger partial charge is 0.255 e. The van der Waals surface area contributed by atoms with Gasteiger partial charge in [0.15, 0.2) is 0 Å². The number of nitrogens with zero attached hydrogens (tertiary/aromatic N) is 3. The van der Waals surface area contributed by atoms with Gasteiger partial charge in [0.1, 0.15) is 5.82 Å². The molecule has 1 saturated heterocycles. The van der Waals surface area contributed by atoms with Crippen LogP contribution in [0.3, 0.4) is 0 Å². The summed E-state index contributed by atoms with van der Waals surface area (Å²) in [5, 5.41) is 1.08. The molecule has 0 radical (unpaired) electrons. The number of hydrogen-bond donors (Lipinski definition) is 0. The highest BCUT2D eigenvalue weighted by molar-refractivity contribution is 5.80. The molecule has 0 unspecified atom stereocenters. The first-order valence-corrected chi connectivity index (χ1v) is 11.9. The second kappa shape index (κ2) is 9.43. The Labute approximate surface area is 199 Å². The predicted octanol–water partition coefficient (Wildman–Crippen LogP) is 5.13. The summed E-state index contributed by atoms with van der Waals surface area (Å²) in [6, 6.07) is 23.6. The molecule has 0 atom stereocenters. The van der Waals surface area contributed by atoms with Crippen LogP contribution >= 0.6 is 0 Å². The highest BCUT2D eigenvalue weighted by atomic mass is 19.1. The monoisotopic (exact) mass is 455 g/mol. The van der Waals surface area contributed by atoms with Gasteiger partial charge in [-0.1, -0.05) is 54.1 Å². The van der Waals surface area contributed by atoms with Crippen molar-refractivity contribution >= 4 is 16.6 Å². The summed E-state index contributed by atoms with van der Waals surface area (Å²) in [5.41, 5.74) is 5.96. The van der Waals surface area contributed by atoms with Gasteiger partial charge in [0, 0.05) is 38.3 Å². The third-order valence-corrected chi connectivity index (χ3v) is 6.71. The number of fused-ring (bicyclic) bond motifs is 1. The summed E-state index contributed by atoms with van der Waals surface area (Å²) in [4.78, 5) is 18.0. The summed E-state index contributed by atoms with van der Waals surface area (Å²) < 4.78 is 16.1. The van der Waals surface area contributed by atoms with Crippen LogP contribution in [0.5, 0.6) is 0 Å². The van der Waals surface area contributed by atoms with E-state index in [2.05, 4.69) is 60.0 Å². The van der Waals surface area contributed by atoms with E-state index < -0.39 is 0 Å². The fourth-order valence-electron chi connectivity index (χ4n) is 4.90. The summed E-state index contributed by atoms with van der Waals surface area (Å²) in [7, 11) is 0. The maximum Gasteiger partial charge on any atom is 0.255 e. The number of benzene rings is 3. The lowest BCUT2D eigenvalue weighted by Gasteiger charge is -2.36. The Morgan fingerprint density at radius 2 is 1.56 bits per heavy atom. The van der Waals surface area contributed by atoms with Gasteiger partial charge in [0.05, 0.1) is 17.7 Å². The fourth-order valence-corrected chi connectivity index (χ4v) is 4.90. The van der Waals surface area contributed by atoms with Crippen LogP contribution in [0.1, 0.15) is 22.3 Å². The van der Waals surface area contributed by atoms with E-state index >= 15 is 0 Å². The van der Waals surface area contributed by atoms with Crippen LogP contribution in [0.15, 0.2) is 77.6 Å². The van der Waals surface area contributed by atoms with Crippen LogP contribution in [0.2, 0.25) is 0 Å². The number of anilines is 1. The van der Waals surface area contributed by atoms with Crippen molar-refractivity contribution in [3.8, 4) is 0 Å². The van der Waals surface area contributed by atoms with Crippen molar-refractivity contribution in [2.45, 2.75) is 26.9 Å². The van der Waals surface area contributed by atoms with Gasteiger partial charge < -0.3 is 9.47 Å². The quantitative estimate of drug-likeness (QED) is 0.418. The molecule has 0 bridgehead atoms. The van der Waals surface area contributed by atoms with Crippen LogP contribution in [0, 0.1) is 19.7 Å². The minimum absolute atomic E-state index is 0.0659. The number of para-hydroxylation sites is 1. The molecule has 4 aromatic rings. The first-order chi connectivity index (χ1) is 16.5. The molecule has 4 nitrogen and oxygen atoms in total. The Morgan fingerprint density at radius 3 is 2.32 bits per heavy atom. The lowest BCUT2D eigenvalue weighted by atomic mass is 10.1. The molecule has 174 valence electrons. The predicted molar refractivity (Wildman–Crippen MR) is 137 cm³/mol. The number of piperazine rings is 1. The zero-order valence-corrected chi connectivity index (χ0v) is 19.8. The molecule has 3 aromatic carbocycles. The minimum atomic E-state index is -0.181. The van der Waals surface area contributed by atoms with Gasteiger partial charge in [-0.3, -0.25) is 9.69 Å². The van der Waals surface area contributed by atoms with Crippen molar-refractivity contribution in [3.63, 3.8) is 0 Å². The zero-order chi connectivity index (χ0) is 23.7. The number of aromatic nitrogens is 1. The highest BCUT2D eigenvalue weighted by Crippen LogP contribution is 2.22. The van der Waals surface area contributed by atoms with E-state index in [1.54, 1.807) is 6.07 Å². The van der Waals surface area contributed by atoms with Crippen LogP contribution in [-0.2, 0) is 13.1 Å². The van der Waals surface area contributed by atoms with E-state index in [1.807, 2.05) is 28.8 Å². The molecule has 0 spiro atoms. The standard InChI is InChI=1S/C29H30FN3O/c1-21-6-5-7-23(16-21)19-33-28-17-22(2)10-11-24(28)18-25(29(33)34)20-31-12-14-32(15-13-31)27-9-4-3-8-26(27)30/h3-11,16-18H,12-15,19-20H2,1-2H3. The largest absolute Gasteiger partial charge is 0.367 e. The molecule has 0 amide bonds. The topological polar surface area (TPSA) is 28.5 Å². The van der Waals surface area contributed by atoms with Crippen molar-refractivity contribution in [1.82, 2.24) is 9.47 Å². The van der Waals surface area contributed by atoms with Crippen molar-refractivity contribution in [1.29, 1.82) is 0 Å². The maximum absolute atomic E-state index is 14.2. The molecule has 0 aliphatic carbocycles. The number of rotatable bonds is 5. The Balaban J connectivity index is 1.42. The second-order valence-electron chi connectivity index (χ2n) is 9.33. The van der Waals surface area contributed by atoms with Gasteiger partial charge in [-0.15, -0.1) is 0 Å². The van der Waals surface area contributed by atoms with E-state index in [9.17, 15) is 9.18 Å². The van der Waals surface area contributed by atoms with Gasteiger partial charge >= 0.3 is 0 Å². The first kappa shape index (κ1) is 22.4. The fraction of sp³-hybridized carbons (Fsp3) is 0.276. The van der Waals surface area contributed by atoms with Gasteiger partial charge in [0.25, 0.3) is 5.56 Å². The van der Waals surface area contributed by atoms with E-state index in [0.29, 0.717) is 18.8 Å². The minimum Gasteiger partial charge on any atom is -0.367 e. The molecule has 0 N–H and O–H groups in total. The van der Waals surface area contributed by atoms with Crippen molar-refractivity contribution in [2.75, 3.05) is 31.1 Å². The molecule has 1 aliphatic heterocycles. The van der Waals surface area contributed by atoms with Crippen molar-refractivity contribution < 1.29 is 4.39 Å². The lowest BCUT2D eigenvalue weighted by molar-refractivity contribution is 0.248. The van der Waals surface area contributed by atoms with E-state index in [1.165, 1.54) is 11.6 Å². The second-order valence-corrected chi connectivity index (χ2v) is 9.33. The van der Waals surface area contributed by atoms with Crippen molar-refractivity contribution in [2.24, 2.45) is 0 Å². The van der Waals surface area contributed by atoms with Crippen molar-refractivity contribution in [3.05, 3.63) is 111 Å². The Hall–Kier alpha value is -3.44. The third kappa shape index (κ3) is 4.62. The SMILES string of the molecule is Cc1cccc(Cn2c(=O)c(CN3CCN(c4ccccc4F)CC3)cc3ccc(C)cc32)c1. The molecule has 1 fully saturated rings. The van der Waals surface area contributed by atoms with Crippen LogP contribution < -0.4 is 10.5 Å². The van der Waals surface area contributed by atoms with Gasteiger partial charge in [0.2, 0.25) is 0 Å². The molecule has 0 saturated carbocycles. The third-order valence-electron chi connectivity index (χ3n) is 6.71. The molecular formula is C29H30FN3O. The average molecular weight is 456 g/mol. The molecule has 5 rings (SSSR count). The Bertz CT molecular complexity index is 1390. The maximum atomic E-state index is 14.2. The van der Waals surface area contributed by atoms with E-state index in [0.717, 1.165) is 53.8 Å². The van der Waals surface area contributed by atoms with Crippen LogP contribution in [0.4, 0.5) is 10.1 Å². The molecule has 1 aromatic heterocycles. The summed E-state index contributed by atoms with van der Waals surface area (Å²) in [6.45, 7) is 8.35. The molecule has 2 heterocycles. The number of halogens is 1. The van der Waals surface area contributed by atoms with Crippen LogP contribution in [0.25, 0.3) is 10.9 Å². The Kier molecular flexibility index (Phi) is 6.20. The van der Waals surface area contributed by atoms with Gasteiger partial charge in [-0.05, 0) is 54.6 Å². The lowest BCUT2D eigenvalue weighted by Crippen LogP contribution is -2.47. The van der Waals surface area contributed by atoms with E-state index in [4.69, 9.17) is 0 Å². The molecule has 5 heteroatoms. The Morgan fingerprint density at radius 1 is 0.794 bits per heavy atom. The summed E-state index contributed by atoms with van der Waals surface area (Å²) >= 11 is 0. The number of aryl methyl sites for hydroxylation is 2. The number of hydrogen-bond acceptors (Lipinski definition) is 3. The van der Waals surface area contributed by atoms with Gasteiger partial charge in [-0.25, -0.2) is 4.39 Å². The first-order valence-electron chi connectivity index (χ1n) is 11.9. The normalized spacial score (nSPS) is 14.6. The van der Waals surface area contributed by atoms with E-state index in [-0.39, 0.29) is 11.4 Å². The molecule has 34 heavy (non-hydrogen) atoms.